The Balaban J connectivity index is 3.12. The molecule has 72 valence electrons. The first-order valence-electron chi connectivity index (χ1n) is 4.76. The third-order valence-electron chi connectivity index (χ3n) is 2.81. The lowest BCUT2D eigenvalue weighted by Crippen LogP contribution is -2.32. The van der Waals surface area contributed by atoms with Crippen LogP contribution in [0.4, 0.5) is 0 Å². The Morgan fingerprint density at radius 1 is 1.54 bits per heavy atom. The summed E-state index contributed by atoms with van der Waals surface area (Å²) in [6.45, 7) is 7.07. The Morgan fingerprint density at radius 3 is 2.69 bits per heavy atom. The number of pyridine rings is 1. The van der Waals surface area contributed by atoms with E-state index in [0.717, 1.165) is 12.1 Å². The summed E-state index contributed by atoms with van der Waals surface area (Å²) in [7, 11) is 0. The highest BCUT2D eigenvalue weighted by Gasteiger charge is 2.25. The van der Waals surface area contributed by atoms with Gasteiger partial charge < -0.3 is 5.73 Å². The van der Waals surface area contributed by atoms with Crippen LogP contribution in [0.5, 0.6) is 0 Å². The molecule has 0 aliphatic carbocycles. The van der Waals surface area contributed by atoms with Crippen molar-refractivity contribution in [2.45, 2.75) is 32.6 Å². The molecule has 0 aromatic carbocycles. The molecular weight excluding hydrogens is 160 g/mol. The molecule has 0 saturated heterocycles. The third kappa shape index (κ3) is 1.89. The Labute approximate surface area is 80.2 Å². The maximum Gasteiger partial charge on any atom is 0.0504 e. The lowest BCUT2D eigenvalue weighted by atomic mass is 9.82. The number of aryl methyl sites for hydroxylation is 1. The minimum Gasteiger partial charge on any atom is -0.330 e. The summed E-state index contributed by atoms with van der Waals surface area (Å²) in [5, 5.41) is 0. The van der Waals surface area contributed by atoms with E-state index in [2.05, 4.69) is 31.8 Å². The first-order chi connectivity index (χ1) is 6.14. The third-order valence-corrected chi connectivity index (χ3v) is 2.81. The van der Waals surface area contributed by atoms with E-state index in [1.54, 1.807) is 0 Å². The van der Waals surface area contributed by atoms with Gasteiger partial charge in [0.2, 0.25) is 0 Å². The van der Waals surface area contributed by atoms with Crippen molar-refractivity contribution in [3.63, 3.8) is 0 Å². The fourth-order valence-electron chi connectivity index (χ4n) is 1.53. The van der Waals surface area contributed by atoms with E-state index in [1.165, 1.54) is 5.56 Å². The van der Waals surface area contributed by atoms with Crippen molar-refractivity contribution in [1.82, 2.24) is 4.98 Å². The summed E-state index contributed by atoms with van der Waals surface area (Å²) in [5.41, 5.74) is 8.18. The molecule has 2 N–H and O–H groups in total. The minimum absolute atomic E-state index is 0.0331. The standard InChI is InChI=1S/C11H18N2/c1-4-11(3,8-12)10-9(2)6-5-7-13-10/h5-7H,4,8,12H2,1-3H3. The molecule has 1 unspecified atom stereocenters. The zero-order chi connectivity index (χ0) is 9.90. The van der Waals surface area contributed by atoms with E-state index >= 15 is 0 Å². The molecule has 1 aromatic heterocycles. The molecule has 1 rings (SSSR count). The molecule has 13 heavy (non-hydrogen) atoms. The minimum atomic E-state index is 0.0331. The van der Waals surface area contributed by atoms with Gasteiger partial charge in [0.25, 0.3) is 0 Å². The van der Waals surface area contributed by atoms with Crippen LogP contribution in [0.25, 0.3) is 0 Å². The van der Waals surface area contributed by atoms with Crippen LogP contribution in [-0.2, 0) is 5.41 Å². The van der Waals surface area contributed by atoms with Gasteiger partial charge in [0.15, 0.2) is 0 Å². The topological polar surface area (TPSA) is 38.9 Å². The lowest BCUT2D eigenvalue weighted by Gasteiger charge is -2.27. The van der Waals surface area contributed by atoms with Gasteiger partial charge in [-0.2, -0.15) is 0 Å². The molecule has 0 saturated carbocycles. The molecule has 0 aliphatic rings. The van der Waals surface area contributed by atoms with Crippen molar-refractivity contribution in [2.24, 2.45) is 5.73 Å². The lowest BCUT2D eigenvalue weighted by molar-refractivity contribution is 0.450. The SMILES string of the molecule is CCC(C)(CN)c1ncccc1C. The molecule has 0 fully saturated rings. The van der Waals surface area contributed by atoms with Crippen molar-refractivity contribution in [3.8, 4) is 0 Å². The van der Waals surface area contributed by atoms with Gasteiger partial charge >= 0.3 is 0 Å². The van der Waals surface area contributed by atoms with E-state index in [1.807, 2.05) is 12.3 Å². The monoisotopic (exact) mass is 178 g/mol. The summed E-state index contributed by atoms with van der Waals surface area (Å²) >= 11 is 0. The summed E-state index contributed by atoms with van der Waals surface area (Å²) in [5.74, 6) is 0. The average molecular weight is 178 g/mol. The summed E-state index contributed by atoms with van der Waals surface area (Å²) in [6, 6.07) is 4.05. The van der Waals surface area contributed by atoms with Crippen molar-refractivity contribution in [3.05, 3.63) is 29.6 Å². The maximum absolute atomic E-state index is 5.78. The van der Waals surface area contributed by atoms with Gasteiger partial charge in [-0.25, -0.2) is 0 Å². The predicted octanol–water partition coefficient (Wildman–Crippen LogP) is 2.02. The van der Waals surface area contributed by atoms with E-state index < -0.39 is 0 Å². The maximum atomic E-state index is 5.78. The highest BCUT2D eigenvalue weighted by molar-refractivity contribution is 5.25. The number of hydrogen-bond donors (Lipinski definition) is 1. The second-order valence-electron chi connectivity index (χ2n) is 3.79. The molecule has 2 nitrogen and oxygen atoms in total. The molecule has 0 aliphatic heterocycles. The second-order valence-corrected chi connectivity index (χ2v) is 3.79. The molecule has 1 heterocycles. The second kappa shape index (κ2) is 3.88. The van der Waals surface area contributed by atoms with Crippen LogP contribution < -0.4 is 5.73 Å². The fourth-order valence-corrected chi connectivity index (χ4v) is 1.53. The van der Waals surface area contributed by atoms with Crippen LogP contribution in [0, 0.1) is 6.92 Å². The van der Waals surface area contributed by atoms with Crippen molar-refractivity contribution in [1.29, 1.82) is 0 Å². The first-order valence-corrected chi connectivity index (χ1v) is 4.76. The van der Waals surface area contributed by atoms with Crippen LogP contribution in [0.3, 0.4) is 0 Å². The highest BCUT2D eigenvalue weighted by atomic mass is 14.7. The molecule has 1 atom stereocenters. The van der Waals surface area contributed by atoms with Crippen LogP contribution in [0.1, 0.15) is 31.5 Å². The normalized spacial score (nSPS) is 15.4. The first kappa shape index (κ1) is 10.2. The Hall–Kier alpha value is -0.890. The van der Waals surface area contributed by atoms with Gasteiger partial charge in [-0.15, -0.1) is 0 Å². The number of rotatable bonds is 3. The van der Waals surface area contributed by atoms with Crippen LogP contribution >= 0.6 is 0 Å². The summed E-state index contributed by atoms with van der Waals surface area (Å²) < 4.78 is 0. The van der Waals surface area contributed by atoms with Crippen molar-refractivity contribution in [2.75, 3.05) is 6.54 Å². The zero-order valence-electron chi connectivity index (χ0n) is 8.67. The van der Waals surface area contributed by atoms with Crippen LogP contribution in [0.2, 0.25) is 0 Å². The summed E-state index contributed by atoms with van der Waals surface area (Å²) in [4.78, 5) is 4.41. The molecule has 0 amide bonds. The van der Waals surface area contributed by atoms with Crippen LogP contribution in [0.15, 0.2) is 18.3 Å². The van der Waals surface area contributed by atoms with Gasteiger partial charge in [0.1, 0.15) is 0 Å². The van der Waals surface area contributed by atoms with Crippen molar-refractivity contribution >= 4 is 0 Å². The Kier molecular flexibility index (Phi) is 3.04. The number of nitrogens with zero attached hydrogens (tertiary/aromatic N) is 1. The number of hydrogen-bond acceptors (Lipinski definition) is 2. The molecular formula is C11H18N2. The van der Waals surface area contributed by atoms with Crippen LogP contribution in [-0.4, -0.2) is 11.5 Å². The highest BCUT2D eigenvalue weighted by Crippen LogP contribution is 2.26. The van der Waals surface area contributed by atoms with Gasteiger partial charge in [-0.05, 0) is 25.0 Å². The molecule has 2 heteroatoms. The van der Waals surface area contributed by atoms with E-state index in [9.17, 15) is 0 Å². The molecule has 0 spiro atoms. The zero-order valence-corrected chi connectivity index (χ0v) is 8.67. The van der Waals surface area contributed by atoms with E-state index in [-0.39, 0.29) is 5.41 Å². The van der Waals surface area contributed by atoms with Gasteiger partial charge in [-0.3, -0.25) is 4.98 Å². The summed E-state index contributed by atoms with van der Waals surface area (Å²) in [6.07, 6.45) is 2.87. The number of nitrogens with two attached hydrogens (primary N) is 1. The largest absolute Gasteiger partial charge is 0.330 e. The van der Waals surface area contributed by atoms with Gasteiger partial charge in [-0.1, -0.05) is 19.9 Å². The molecule has 0 radical (unpaired) electrons. The van der Waals surface area contributed by atoms with Gasteiger partial charge in [0.05, 0.1) is 5.69 Å². The predicted molar refractivity (Wildman–Crippen MR) is 55.7 cm³/mol. The van der Waals surface area contributed by atoms with Gasteiger partial charge in [0, 0.05) is 18.2 Å². The van der Waals surface area contributed by atoms with Crippen molar-refractivity contribution < 1.29 is 0 Å². The smallest absolute Gasteiger partial charge is 0.0504 e. The molecule has 1 aromatic rings. The Morgan fingerprint density at radius 2 is 2.23 bits per heavy atom. The fraction of sp³-hybridized carbons (Fsp3) is 0.545. The van der Waals surface area contributed by atoms with E-state index in [4.69, 9.17) is 5.73 Å². The molecule has 0 bridgehead atoms. The average Bonchev–Trinajstić information content (AvgIpc) is 2.17. The Bertz CT molecular complexity index is 277. The quantitative estimate of drug-likeness (QED) is 0.769. The van der Waals surface area contributed by atoms with E-state index in [0.29, 0.717) is 6.54 Å². The number of aromatic nitrogens is 1.